The molecular formula is C18H25N5O. The number of nitrogens with one attached hydrogen (secondary N) is 2. The van der Waals surface area contributed by atoms with Gasteiger partial charge in [0.25, 0.3) is 0 Å². The molecule has 0 spiro atoms. The number of aromatic nitrogens is 2. The van der Waals surface area contributed by atoms with Gasteiger partial charge in [0.1, 0.15) is 5.82 Å². The summed E-state index contributed by atoms with van der Waals surface area (Å²) in [5, 5.41) is 15.9. The molecule has 3 heterocycles. The second-order valence-corrected chi connectivity index (χ2v) is 8.49. The van der Waals surface area contributed by atoms with E-state index < -0.39 is 5.41 Å². The maximum Gasteiger partial charge on any atom is 0.238 e. The Balaban J connectivity index is 1.40. The third-order valence-electron chi connectivity index (χ3n) is 6.35. The third-order valence-corrected chi connectivity index (χ3v) is 6.35. The van der Waals surface area contributed by atoms with Crippen molar-refractivity contribution in [2.45, 2.75) is 57.0 Å². The minimum Gasteiger partial charge on any atom is -0.366 e. The van der Waals surface area contributed by atoms with Crippen LogP contribution in [-0.2, 0) is 10.2 Å². The monoisotopic (exact) mass is 327 g/mol. The fourth-order valence-corrected chi connectivity index (χ4v) is 4.77. The van der Waals surface area contributed by atoms with Gasteiger partial charge in [-0.05, 0) is 70.5 Å². The Bertz CT molecular complexity index is 687. The molecule has 128 valence electrons. The SMILES string of the molecule is CC1(C)C(=O)N(C2CC2)c2nnc(N[C@@H]3C[C@H]4CNC[C@H]4C3)cc21. The number of fused-ring (bicyclic) bond motifs is 2. The highest BCUT2D eigenvalue weighted by Gasteiger charge is 2.50. The summed E-state index contributed by atoms with van der Waals surface area (Å²) in [5.41, 5.74) is 0.525. The lowest BCUT2D eigenvalue weighted by atomic mass is 9.87. The number of hydrogen-bond donors (Lipinski definition) is 2. The van der Waals surface area contributed by atoms with Crippen LogP contribution in [0.4, 0.5) is 11.6 Å². The molecule has 3 fully saturated rings. The molecule has 1 saturated heterocycles. The van der Waals surface area contributed by atoms with Gasteiger partial charge in [-0.25, -0.2) is 0 Å². The van der Waals surface area contributed by atoms with E-state index in [-0.39, 0.29) is 5.91 Å². The van der Waals surface area contributed by atoms with Gasteiger partial charge in [0.15, 0.2) is 5.82 Å². The van der Waals surface area contributed by atoms with E-state index in [0.29, 0.717) is 12.1 Å². The van der Waals surface area contributed by atoms with Crippen LogP contribution in [0.15, 0.2) is 6.07 Å². The van der Waals surface area contributed by atoms with E-state index >= 15 is 0 Å². The van der Waals surface area contributed by atoms with Crippen LogP contribution in [0.25, 0.3) is 0 Å². The molecule has 5 rings (SSSR count). The van der Waals surface area contributed by atoms with Gasteiger partial charge in [-0.1, -0.05) is 0 Å². The highest BCUT2D eigenvalue weighted by Crippen LogP contribution is 2.46. The Kier molecular flexibility index (Phi) is 2.99. The van der Waals surface area contributed by atoms with Gasteiger partial charge in [0, 0.05) is 17.6 Å². The van der Waals surface area contributed by atoms with Crippen LogP contribution in [0.3, 0.4) is 0 Å². The predicted octanol–water partition coefficient (Wildman–Crippen LogP) is 1.67. The first kappa shape index (κ1) is 14.6. The number of carbonyl (C=O) groups excluding carboxylic acids is 1. The smallest absolute Gasteiger partial charge is 0.238 e. The standard InChI is InChI=1S/C18H25N5O/c1-18(2)14-7-15(20-12-5-10-8-19-9-11(10)6-12)21-22-16(14)23(17(18)24)13-3-4-13/h7,10-13,19H,3-6,8-9H2,1-2H3,(H,20,21)/t10-,11+,12+. The van der Waals surface area contributed by atoms with Crippen molar-refractivity contribution in [3.63, 3.8) is 0 Å². The summed E-state index contributed by atoms with van der Waals surface area (Å²) in [7, 11) is 0. The van der Waals surface area contributed by atoms with Crippen molar-refractivity contribution in [2.75, 3.05) is 23.3 Å². The molecule has 24 heavy (non-hydrogen) atoms. The lowest BCUT2D eigenvalue weighted by Crippen LogP contribution is -2.37. The molecule has 2 saturated carbocycles. The molecule has 1 amide bonds. The minimum atomic E-state index is -0.500. The first-order valence-corrected chi connectivity index (χ1v) is 9.23. The molecule has 0 unspecified atom stereocenters. The minimum absolute atomic E-state index is 0.174. The molecule has 2 aliphatic heterocycles. The van der Waals surface area contributed by atoms with Crippen molar-refractivity contribution >= 4 is 17.5 Å². The second-order valence-electron chi connectivity index (χ2n) is 8.49. The zero-order valence-corrected chi connectivity index (χ0v) is 14.4. The highest BCUT2D eigenvalue weighted by molar-refractivity contribution is 6.07. The van der Waals surface area contributed by atoms with Crippen LogP contribution in [0.2, 0.25) is 0 Å². The van der Waals surface area contributed by atoms with E-state index in [1.54, 1.807) is 0 Å². The van der Waals surface area contributed by atoms with Crippen molar-refractivity contribution < 1.29 is 4.79 Å². The molecule has 3 atom stereocenters. The van der Waals surface area contributed by atoms with Crippen molar-refractivity contribution in [1.29, 1.82) is 0 Å². The molecule has 0 aromatic carbocycles. The molecule has 0 bridgehead atoms. The van der Waals surface area contributed by atoms with Crippen LogP contribution in [-0.4, -0.2) is 41.3 Å². The van der Waals surface area contributed by atoms with Gasteiger partial charge in [-0.15, -0.1) is 10.2 Å². The molecule has 1 aromatic rings. The summed E-state index contributed by atoms with van der Waals surface area (Å²) in [6, 6.07) is 2.89. The van der Waals surface area contributed by atoms with E-state index in [1.807, 2.05) is 18.7 Å². The summed E-state index contributed by atoms with van der Waals surface area (Å²) in [6.45, 7) is 6.31. The van der Waals surface area contributed by atoms with E-state index in [9.17, 15) is 4.79 Å². The Labute approximate surface area is 142 Å². The fraction of sp³-hybridized carbons (Fsp3) is 0.722. The average Bonchev–Trinajstić information content (AvgIpc) is 3.10. The number of carbonyl (C=O) groups is 1. The molecule has 2 N–H and O–H groups in total. The normalized spacial score (nSPS) is 33.7. The van der Waals surface area contributed by atoms with E-state index in [1.165, 1.54) is 12.8 Å². The number of rotatable bonds is 3. The van der Waals surface area contributed by atoms with E-state index in [0.717, 1.165) is 55.0 Å². The van der Waals surface area contributed by atoms with Gasteiger partial charge < -0.3 is 10.6 Å². The molecule has 0 radical (unpaired) electrons. The zero-order chi connectivity index (χ0) is 16.5. The van der Waals surface area contributed by atoms with Crippen molar-refractivity contribution in [3.8, 4) is 0 Å². The maximum absolute atomic E-state index is 12.8. The quantitative estimate of drug-likeness (QED) is 0.884. The summed E-state index contributed by atoms with van der Waals surface area (Å²) in [6.07, 6.45) is 4.57. The maximum atomic E-state index is 12.8. The highest BCUT2D eigenvalue weighted by atomic mass is 16.2. The van der Waals surface area contributed by atoms with Crippen LogP contribution in [0.5, 0.6) is 0 Å². The zero-order valence-electron chi connectivity index (χ0n) is 14.4. The molecule has 4 aliphatic rings. The van der Waals surface area contributed by atoms with Gasteiger partial charge in [0.2, 0.25) is 5.91 Å². The van der Waals surface area contributed by atoms with Crippen LogP contribution in [0.1, 0.15) is 45.1 Å². The van der Waals surface area contributed by atoms with E-state index in [4.69, 9.17) is 0 Å². The third kappa shape index (κ3) is 2.08. The predicted molar refractivity (Wildman–Crippen MR) is 92.1 cm³/mol. The van der Waals surface area contributed by atoms with Crippen LogP contribution >= 0.6 is 0 Å². The average molecular weight is 327 g/mol. The summed E-state index contributed by atoms with van der Waals surface area (Å²) in [5.74, 6) is 3.38. The van der Waals surface area contributed by atoms with E-state index in [2.05, 4.69) is 26.9 Å². The van der Waals surface area contributed by atoms with Crippen LogP contribution in [0, 0.1) is 11.8 Å². The van der Waals surface area contributed by atoms with Gasteiger partial charge >= 0.3 is 0 Å². The summed E-state index contributed by atoms with van der Waals surface area (Å²) < 4.78 is 0. The second kappa shape index (κ2) is 4.91. The Morgan fingerprint density at radius 1 is 1.21 bits per heavy atom. The molecular weight excluding hydrogens is 302 g/mol. The summed E-state index contributed by atoms with van der Waals surface area (Å²) in [4.78, 5) is 14.7. The number of amides is 1. The fourth-order valence-electron chi connectivity index (χ4n) is 4.77. The van der Waals surface area contributed by atoms with Gasteiger partial charge in [-0.2, -0.15) is 0 Å². The first-order chi connectivity index (χ1) is 11.5. The van der Waals surface area contributed by atoms with Crippen molar-refractivity contribution in [2.24, 2.45) is 11.8 Å². The molecule has 2 aliphatic carbocycles. The topological polar surface area (TPSA) is 70.2 Å². The van der Waals surface area contributed by atoms with Crippen molar-refractivity contribution in [3.05, 3.63) is 11.6 Å². The van der Waals surface area contributed by atoms with Gasteiger partial charge in [-0.3, -0.25) is 9.69 Å². The number of anilines is 2. The molecule has 6 heteroatoms. The van der Waals surface area contributed by atoms with Gasteiger partial charge in [0.05, 0.1) is 5.41 Å². The van der Waals surface area contributed by atoms with Crippen molar-refractivity contribution in [1.82, 2.24) is 15.5 Å². The number of hydrogen-bond acceptors (Lipinski definition) is 5. The van der Waals surface area contributed by atoms with Crippen LogP contribution < -0.4 is 15.5 Å². The lowest BCUT2D eigenvalue weighted by Gasteiger charge is -2.18. The lowest BCUT2D eigenvalue weighted by molar-refractivity contribution is -0.122. The first-order valence-electron chi connectivity index (χ1n) is 9.23. The Morgan fingerprint density at radius 2 is 1.92 bits per heavy atom. The largest absolute Gasteiger partial charge is 0.366 e. The Morgan fingerprint density at radius 3 is 2.58 bits per heavy atom. The molecule has 6 nitrogen and oxygen atoms in total. The Hall–Kier alpha value is -1.69. The number of nitrogens with zero attached hydrogens (tertiary/aromatic N) is 3. The summed E-state index contributed by atoms with van der Waals surface area (Å²) >= 11 is 0. The molecule has 1 aromatic heterocycles.